The highest BCUT2D eigenvalue weighted by molar-refractivity contribution is 6.30. The molecule has 5 nitrogen and oxygen atoms in total. The fourth-order valence-electron chi connectivity index (χ4n) is 3.13. The average molecular weight is 364 g/mol. The fourth-order valence-corrected chi connectivity index (χ4v) is 3.31. The second-order valence-electron chi connectivity index (χ2n) is 6.84. The first-order valence-electron chi connectivity index (χ1n) is 9.52. The van der Waals surface area contributed by atoms with Gasteiger partial charge in [0, 0.05) is 62.6 Å². The van der Waals surface area contributed by atoms with Crippen molar-refractivity contribution in [2.75, 3.05) is 50.7 Å². The van der Waals surface area contributed by atoms with Crippen LogP contribution in [-0.2, 0) is 0 Å². The lowest BCUT2D eigenvalue weighted by molar-refractivity contribution is 0.256. The van der Waals surface area contributed by atoms with Crippen molar-refractivity contribution in [1.82, 2.24) is 15.5 Å². The summed E-state index contributed by atoms with van der Waals surface area (Å²) in [4.78, 5) is 9.65. The molecule has 0 spiro atoms. The van der Waals surface area contributed by atoms with Crippen molar-refractivity contribution >= 4 is 23.2 Å². The molecule has 0 unspecified atom stereocenters. The highest BCUT2D eigenvalue weighted by atomic mass is 35.5. The van der Waals surface area contributed by atoms with Gasteiger partial charge in [-0.05, 0) is 44.4 Å². The van der Waals surface area contributed by atoms with Gasteiger partial charge in [-0.25, -0.2) is 0 Å². The largest absolute Gasteiger partial charge is 0.369 e. The van der Waals surface area contributed by atoms with E-state index < -0.39 is 0 Å². The molecule has 138 valence electrons. The first-order valence-corrected chi connectivity index (χ1v) is 9.90. The number of nitrogens with zero attached hydrogens (tertiary/aromatic N) is 3. The molecule has 2 N–H and O–H groups in total. The van der Waals surface area contributed by atoms with Gasteiger partial charge < -0.3 is 15.5 Å². The summed E-state index contributed by atoms with van der Waals surface area (Å²) >= 11 is 6.10. The van der Waals surface area contributed by atoms with Crippen molar-refractivity contribution in [3.8, 4) is 0 Å². The molecule has 1 aliphatic carbocycles. The third-order valence-electron chi connectivity index (χ3n) is 4.71. The highest BCUT2D eigenvalue weighted by Gasteiger charge is 2.22. The van der Waals surface area contributed by atoms with Gasteiger partial charge in [0.05, 0.1) is 0 Å². The molecule has 1 aromatic rings. The van der Waals surface area contributed by atoms with Crippen LogP contribution in [0.4, 0.5) is 5.69 Å². The number of guanidine groups is 1. The predicted octanol–water partition coefficient (Wildman–Crippen LogP) is 2.57. The first-order chi connectivity index (χ1) is 12.2. The van der Waals surface area contributed by atoms with Crippen molar-refractivity contribution < 1.29 is 0 Å². The Hall–Kier alpha value is -1.46. The SMILES string of the molecule is CCNC(=NCCCN1CCN(c2cccc(Cl)c2)CC1)NC1CC1. The van der Waals surface area contributed by atoms with E-state index >= 15 is 0 Å². The molecule has 0 amide bonds. The van der Waals surface area contributed by atoms with Crippen LogP contribution in [0, 0.1) is 0 Å². The molecule has 1 saturated carbocycles. The zero-order chi connectivity index (χ0) is 17.5. The van der Waals surface area contributed by atoms with E-state index in [2.05, 4.69) is 39.5 Å². The molecule has 1 saturated heterocycles. The summed E-state index contributed by atoms with van der Waals surface area (Å²) in [6.07, 6.45) is 3.67. The summed E-state index contributed by atoms with van der Waals surface area (Å²) in [5.41, 5.74) is 1.23. The highest BCUT2D eigenvalue weighted by Crippen LogP contribution is 2.21. The maximum Gasteiger partial charge on any atom is 0.191 e. The summed E-state index contributed by atoms with van der Waals surface area (Å²) in [6, 6.07) is 8.81. The summed E-state index contributed by atoms with van der Waals surface area (Å²) in [5.74, 6) is 0.982. The third-order valence-corrected chi connectivity index (χ3v) is 4.95. The molecular weight excluding hydrogens is 334 g/mol. The summed E-state index contributed by atoms with van der Waals surface area (Å²) in [7, 11) is 0. The molecule has 2 aliphatic rings. The topological polar surface area (TPSA) is 42.9 Å². The number of aliphatic imine (C=N–C) groups is 1. The first kappa shape index (κ1) is 18.3. The summed E-state index contributed by atoms with van der Waals surface area (Å²) < 4.78 is 0. The van der Waals surface area contributed by atoms with Gasteiger partial charge in [-0.2, -0.15) is 0 Å². The Bertz CT molecular complexity index is 565. The molecule has 0 atom stereocenters. The second-order valence-corrected chi connectivity index (χ2v) is 7.28. The molecular formula is C19H30ClN5. The number of halogens is 1. The smallest absolute Gasteiger partial charge is 0.191 e. The van der Waals surface area contributed by atoms with Crippen LogP contribution in [0.25, 0.3) is 0 Å². The second kappa shape index (κ2) is 9.30. The van der Waals surface area contributed by atoms with Crippen molar-refractivity contribution in [2.45, 2.75) is 32.2 Å². The minimum Gasteiger partial charge on any atom is -0.369 e. The molecule has 0 aromatic heterocycles. The van der Waals surface area contributed by atoms with E-state index in [0.29, 0.717) is 6.04 Å². The van der Waals surface area contributed by atoms with Crippen LogP contribution in [-0.4, -0.2) is 62.7 Å². The van der Waals surface area contributed by atoms with Crippen molar-refractivity contribution in [3.05, 3.63) is 29.3 Å². The van der Waals surface area contributed by atoms with Gasteiger partial charge >= 0.3 is 0 Å². The molecule has 0 radical (unpaired) electrons. The van der Waals surface area contributed by atoms with Crippen LogP contribution in [0.3, 0.4) is 0 Å². The van der Waals surface area contributed by atoms with Crippen molar-refractivity contribution in [3.63, 3.8) is 0 Å². The Morgan fingerprint density at radius 2 is 2.04 bits per heavy atom. The Balaban J connectivity index is 1.36. The van der Waals surface area contributed by atoms with Gasteiger partial charge in [-0.3, -0.25) is 9.89 Å². The zero-order valence-corrected chi connectivity index (χ0v) is 15.9. The fraction of sp³-hybridized carbons (Fsp3) is 0.632. The lowest BCUT2D eigenvalue weighted by atomic mass is 10.2. The Morgan fingerprint density at radius 1 is 1.24 bits per heavy atom. The van der Waals surface area contributed by atoms with Gasteiger partial charge in [0.25, 0.3) is 0 Å². The van der Waals surface area contributed by atoms with Gasteiger partial charge in [-0.1, -0.05) is 17.7 Å². The minimum atomic E-state index is 0.650. The molecule has 1 aromatic carbocycles. The molecule has 1 heterocycles. The number of piperazine rings is 1. The van der Waals surface area contributed by atoms with E-state index in [1.807, 2.05) is 12.1 Å². The monoisotopic (exact) mass is 363 g/mol. The zero-order valence-electron chi connectivity index (χ0n) is 15.2. The Kier molecular flexibility index (Phi) is 6.82. The van der Waals surface area contributed by atoms with E-state index in [1.165, 1.54) is 18.5 Å². The molecule has 1 aliphatic heterocycles. The lowest BCUT2D eigenvalue weighted by Gasteiger charge is -2.36. The van der Waals surface area contributed by atoms with Crippen LogP contribution < -0.4 is 15.5 Å². The molecule has 6 heteroatoms. The van der Waals surface area contributed by atoms with E-state index in [-0.39, 0.29) is 0 Å². The number of hydrogen-bond acceptors (Lipinski definition) is 3. The van der Waals surface area contributed by atoms with E-state index in [9.17, 15) is 0 Å². The van der Waals surface area contributed by atoms with Crippen molar-refractivity contribution in [1.29, 1.82) is 0 Å². The van der Waals surface area contributed by atoms with Gasteiger partial charge in [0.1, 0.15) is 0 Å². The lowest BCUT2D eigenvalue weighted by Crippen LogP contribution is -2.46. The van der Waals surface area contributed by atoms with E-state index in [0.717, 1.165) is 63.2 Å². The van der Waals surface area contributed by atoms with Crippen LogP contribution in [0.15, 0.2) is 29.3 Å². The normalized spacial score (nSPS) is 19.1. The Labute approximate surface area is 156 Å². The van der Waals surface area contributed by atoms with Crippen molar-refractivity contribution in [2.24, 2.45) is 4.99 Å². The standard InChI is InChI=1S/C19H30ClN5/c1-2-21-19(23-17-7-8-17)22-9-4-10-24-11-13-25(14-12-24)18-6-3-5-16(20)15-18/h3,5-6,15,17H,2,4,7-14H2,1H3,(H2,21,22,23). The minimum absolute atomic E-state index is 0.650. The van der Waals surface area contributed by atoms with Crippen LogP contribution in [0.5, 0.6) is 0 Å². The van der Waals surface area contributed by atoms with E-state index in [1.54, 1.807) is 0 Å². The summed E-state index contributed by atoms with van der Waals surface area (Å²) in [6.45, 7) is 9.39. The summed E-state index contributed by atoms with van der Waals surface area (Å²) in [5, 5.41) is 7.61. The average Bonchev–Trinajstić information content (AvgIpc) is 3.43. The van der Waals surface area contributed by atoms with Crippen LogP contribution >= 0.6 is 11.6 Å². The molecule has 2 fully saturated rings. The predicted molar refractivity (Wildman–Crippen MR) is 107 cm³/mol. The maximum atomic E-state index is 6.10. The molecule has 25 heavy (non-hydrogen) atoms. The van der Waals surface area contributed by atoms with E-state index in [4.69, 9.17) is 16.6 Å². The van der Waals surface area contributed by atoms with Crippen LogP contribution in [0.1, 0.15) is 26.2 Å². The number of nitrogens with one attached hydrogen (secondary N) is 2. The van der Waals surface area contributed by atoms with Gasteiger partial charge in [0.2, 0.25) is 0 Å². The Morgan fingerprint density at radius 3 is 2.72 bits per heavy atom. The maximum absolute atomic E-state index is 6.10. The van der Waals surface area contributed by atoms with Gasteiger partial charge in [-0.15, -0.1) is 0 Å². The quantitative estimate of drug-likeness (QED) is 0.444. The number of benzene rings is 1. The number of hydrogen-bond donors (Lipinski definition) is 2. The number of anilines is 1. The third kappa shape index (κ3) is 6.08. The molecule has 0 bridgehead atoms. The molecule has 3 rings (SSSR count). The van der Waals surface area contributed by atoms with Crippen LogP contribution in [0.2, 0.25) is 5.02 Å². The van der Waals surface area contributed by atoms with Gasteiger partial charge in [0.15, 0.2) is 5.96 Å². The number of rotatable bonds is 7.